The van der Waals surface area contributed by atoms with Crippen LogP contribution in [0.15, 0.2) is 24.3 Å². The van der Waals surface area contributed by atoms with Crippen molar-refractivity contribution in [3.8, 4) is 0 Å². The summed E-state index contributed by atoms with van der Waals surface area (Å²) in [6, 6.07) is 5.99. The number of aryl methyl sites for hydroxylation is 1. The Bertz CT molecular complexity index is 734. The maximum Gasteiger partial charge on any atom is 0.309 e. The van der Waals surface area contributed by atoms with Gasteiger partial charge in [0.05, 0.1) is 12.0 Å². The second-order valence-electron chi connectivity index (χ2n) is 7.55. The Kier molecular flexibility index (Phi) is 4.81. The lowest BCUT2D eigenvalue weighted by Crippen LogP contribution is -2.43. The van der Waals surface area contributed by atoms with Gasteiger partial charge < -0.3 is 14.7 Å². The summed E-state index contributed by atoms with van der Waals surface area (Å²) in [7, 11) is 0. The van der Waals surface area contributed by atoms with Crippen molar-refractivity contribution in [1.29, 1.82) is 0 Å². The molecule has 1 aliphatic carbocycles. The number of likely N-dealkylation sites (tertiary alicyclic amines) is 1. The van der Waals surface area contributed by atoms with Crippen molar-refractivity contribution >= 4 is 18.0 Å². The topological polar surface area (TPSA) is 66.8 Å². The normalized spacial score (nSPS) is 25.9. The fourth-order valence-electron chi connectivity index (χ4n) is 4.52. The maximum atomic E-state index is 12.9. The van der Waals surface area contributed by atoms with Crippen LogP contribution in [0.25, 0.3) is 6.08 Å². The Labute approximate surface area is 153 Å². The minimum Gasteiger partial charge on any atom is -0.481 e. The highest BCUT2D eigenvalue weighted by Crippen LogP contribution is 2.33. The molecule has 5 heteroatoms. The molecule has 1 unspecified atom stereocenters. The van der Waals surface area contributed by atoms with Gasteiger partial charge in [-0.2, -0.15) is 0 Å². The predicted octanol–water partition coefficient (Wildman–Crippen LogP) is 2.99. The van der Waals surface area contributed by atoms with Crippen molar-refractivity contribution in [3.63, 3.8) is 0 Å². The summed E-state index contributed by atoms with van der Waals surface area (Å²) in [5.74, 6) is -0.829. The van der Waals surface area contributed by atoms with E-state index in [2.05, 4.69) is 12.2 Å². The number of carboxylic acids is 1. The van der Waals surface area contributed by atoms with E-state index in [1.165, 1.54) is 11.1 Å². The van der Waals surface area contributed by atoms with Crippen LogP contribution in [0, 0.1) is 11.8 Å². The third-order valence-electron chi connectivity index (χ3n) is 6.01. The first-order valence-electron chi connectivity index (χ1n) is 9.56. The van der Waals surface area contributed by atoms with Gasteiger partial charge in [-0.15, -0.1) is 0 Å². The number of amides is 1. The average molecular weight is 355 g/mol. The first kappa shape index (κ1) is 17.3. The summed E-state index contributed by atoms with van der Waals surface area (Å²) >= 11 is 0. The van der Waals surface area contributed by atoms with Crippen LogP contribution in [0.2, 0.25) is 0 Å². The number of carbonyl (C=O) groups excluding carboxylic acids is 1. The predicted molar refractivity (Wildman–Crippen MR) is 97.9 cm³/mol. The molecule has 1 N–H and O–H groups in total. The lowest BCUT2D eigenvalue weighted by Gasteiger charge is -2.35. The molecule has 0 saturated carbocycles. The van der Waals surface area contributed by atoms with Gasteiger partial charge in [0.2, 0.25) is 0 Å². The highest BCUT2D eigenvalue weighted by atomic mass is 16.5. The van der Waals surface area contributed by atoms with Gasteiger partial charge in [0.25, 0.3) is 5.91 Å². The SMILES string of the molecule is O=C(O)C1CCO[C@H]1C1CCN(C(=O)c2ccc3c(c2)CCC=C3)CC1. The van der Waals surface area contributed by atoms with Crippen molar-refractivity contribution in [3.05, 3.63) is 41.0 Å². The van der Waals surface area contributed by atoms with Gasteiger partial charge in [-0.05, 0) is 61.3 Å². The van der Waals surface area contributed by atoms with Crippen molar-refractivity contribution in [2.75, 3.05) is 19.7 Å². The second-order valence-corrected chi connectivity index (χ2v) is 7.55. The molecule has 2 aliphatic heterocycles. The van der Waals surface area contributed by atoms with E-state index >= 15 is 0 Å². The summed E-state index contributed by atoms with van der Waals surface area (Å²) < 4.78 is 5.72. The second kappa shape index (κ2) is 7.23. The first-order chi connectivity index (χ1) is 12.6. The molecular formula is C21H25NO4. The van der Waals surface area contributed by atoms with Gasteiger partial charge >= 0.3 is 5.97 Å². The number of aliphatic carboxylic acids is 1. The molecular weight excluding hydrogens is 330 g/mol. The summed E-state index contributed by atoms with van der Waals surface area (Å²) in [6.07, 6.45) is 8.35. The molecule has 3 aliphatic rings. The Balaban J connectivity index is 1.39. The lowest BCUT2D eigenvalue weighted by molar-refractivity contribution is -0.145. The number of carbonyl (C=O) groups is 2. The number of hydrogen-bond donors (Lipinski definition) is 1. The molecule has 26 heavy (non-hydrogen) atoms. The number of nitrogens with zero attached hydrogens (tertiary/aromatic N) is 1. The van der Waals surface area contributed by atoms with Gasteiger partial charge in [-0.3, -0.25) is 9.59 Å². The number of fused-ring (bicyclic) bond motifs is 1. The van der Waals surface area contributed by atoms with Crippen LogP contribution < -0.4 is 0 Å². The van der Waals surface area contributed by atoms with E-state index in [0.29, 0.717) is 26.1 Å². The van der Waals surface area contributed by atoms with Gasteiger partial charge in [-0.25, -0.2) is 0 Å². The average Bonchev–Trinajstić information content (AvgIpc) is 3.17. The van der Waals surface area contributed by atoms with Gasteiger partial charge in [0.1, 0.15) is 0 Å². The molecule has 1 amide bonds. The fraction of sp³-hybridized carbons (Fsp3) is 0.524. The zero-order chi connectivity index (χ0) is 18.1. The molecule has 2 saturated heterocycles. The van der Waals surface area contributed by atoms with Crippen LogP contribution in [0.5, 0.6) is 0 Å². The largest absolute Gasteiger partial charge is 0.481 e. The van der Waals surface area contributed by atoms with Crippen molar-refractivity contribution < 1.29 is 19.4 Å². The minimum atomic E-state index is -0.755. The maximum absolute atomic E-state index is 12.9. The summed E-state index contributed by atoms with van der Waals surface area (Å²) in [6.45, 7) is 1.88. The number of carboxylic acid groups (broad SMARTS) is 1. The Morgan fingerprint density at radius 3 is 2.73 bits per heavy atom. The molecule has 5 nitrogen and oxygen atoms in total. The van der Waals surface area contributed by atoms with Crippen molar-refractivity contribution in [2.45, 2.75) is 38.2 Å². The molecule has 138 valence electrons. The highest BCUT2D eigenvalue weighted by Gasteiger charge is 2.40. The van der Waals surface area contributed by atoms with Gasteiger partial charge in [0, 0.05) is 25.3 Å². The number of hydrogen-bond acceptors (Lipinski definition) is 3. The van der Waals surface area contributed by atoms with E-state index < -0.39 is 11.9 Å². The number of allylic oxidation sites excluding steroid dienone is 1. The Hall–Kier alpha value is -2.14. The van der Waals surface area contributed by atoms with Crippen LogP contribution in [0.1, 0.15) is 47.2 Å². The smallest absolute Gasteiger partial charge is 0.309 e. The number of ether oxygens (including phenoxy) is 1. The van der Waals surface area contributed by atoms with Crippen LogP contribution in [-0.4, -0.2) is 47.7 Å². The van der Waals surface area contributed by atoms with E-state index in [-0.39, 0.29) is 17.9 Å². The molecule has 1 aromatic rings. The molecule has 2 heterocycles. The fourth-order valence-corrected chi connectivity index (χ4v) is 4.52. The third-order valence-corrected chi connectivity index (χ3v) is 6.01. The van der Waals surface area contributed by atoms with Crippen LogP contribution in [-0.2, 0) is 16.0 Å². The van der Waals surface area contributed by atoms with E-state index in [1.807, 2.05) is 23.1 Å². The van der Waals surface area contributed by atoms with Crippen LogP contribution in [0.4, 0.5) is 0 Å². The van der Waals surface area contributed by atoms with Gasteiger partial charge in [0.15, 0.2) is 0 Å². The molecule has 0 spiro atoms. The molecule has 4 rings (SSSR count). The Morgan fingerprint density at radius 1 is 1.15 bits per heavy atom. The summed E-state index contributed by atoms with van der Waals surface area (Å²) in [4.78, 5) is 26.2. The molecule has 2 fully saturated rings. The zero-order valence-electron chi connectivity index (χ0n) is 14.9. The van der Waals surface area contributed by atoms with E-state index in [4.69, 9.17) is 4.74 Å². The van der Waals surface area contributed by atoms with E-state index in [9.17, 15) is 14.7 Å². The Morgan fingerprint density at radius 2 is 1.96 bits per heavy atom. The monoisotopic (exact) mass is 355 g/mol. The van der Waals surface area contributed by atoms with E-state index in [0.717, 1.165) is 31.2 Å². The van der Waals surface area contributed by atoms with Crippen LogP contribution in [0.3, 0.4) is 0 Å². The lowest BCUT2D eigenvalue weighted by atomic mass is 9.84. The molecule has 1 aromatic carbocycles. The number of benzene rings is 1. The highest BCUT2D eigenvalue weighted by molar-refractivity contribution is 5.94. The standard InChI is InChI=1S/C21H25NO4/c23-20(17-6-5-14-3-1-2-4-16(14)13-17)22-10-7-15(8-11-22)19-18(21(24)25)9-12-26-19/h1,3,5-6,13,15,18-19H,2,4,7-12H2,(H,24,25)/t18?,19-/m0/s1. The summed E-state index contributed by atoms with van der Waals surface area (Å²) in [5.41, 5.74) is 3.22. The van der Waals surface area contributed by atoms with E-state index in [1.54, 1.807) is 0 Å². The number of piperidine rings is 1. The zero-order valence-corrected chi connectivity index (χ0v) is 14.9. The minimum absolute atomic E-state index is 0.0860. The molecule has 0 aromatic heterocycles. The van der Waals surface area contributed by atoms with Crippen molar-refractivity contribution in [1.82, 2.24) is 4.90 Å². The molecule has 0 radical (unpaired) electrons. The number of rotatable bonds is 3. The summed E-state index contributed by atoms with van der Waals surface area (Å²) in [5, 5.41) is 9.35. The first-order valence-corrected chi connectivity index (χ1v) is 9.56. The quantitative estimate of drug-likeness (QED) is 0.905. The molecule has 0 bridgehead atoms. The van der Waals surface area contributed by atoms with Crippen LogP contribution >= 0.6 is 0 Å². The van der Waals surface area contributed by atoms with Crippen molar-refractivity contribution in [2.24, 2.45) is 11.8 Å². The third kappa shape index (κ3) is 3.28. The van der Waals surface area contributed by atoms with Gasteiger partial charge in [-0.1, -0.05) is 18.2 Å². The molecule has 2 atom stereocenters.